The van der Waals surface area contributed by atoms with Crippen molar-refractivity contribution < 1.29 is 19.5 Å². The summed E-state index contributed by atoms with van der Waals surface area (Å²) < 4.78 is 0.572. The maximum Gasteiger partial charge on any atom is 0.324 e. The minimum atomic E-state index is -1.41. The zero-order valence-corrected chi connectivity index (χ0v) is 15.7. The molecule has 140 valence electrons. The van der Waals surface area contributed by atoms with Crippen molar-refractivity contribution in [1.82, 2.24) is 10.6 Å². The fourth-order valence-electron chi connectivity index (χ4n) is 4.99. The highest BCUT2D eigenvalue weighted by Crippen LogP contribution is 2.51. The molecule has 4 atom stereocenters. The molecule has 1 aliphatic carbocycles. The number of carbonyl (C=O) groups excluding carboxylic acids is 2. The van der Waals surface area contributed by atoms with Crippen LogP contribution in [0.1, 0.15) is 49.4 Å². The van der Waals surface area contributed by atoms with Crippen LogP contribution in [0.15, 0.2) is 12.1 Å². The third-order valence-corrected chi connectivity index (χ3v) is 7.43. The predicted molar refractivity (Wildman–Crippen MR) is 96.9 cm³/mol. The highest BCUT2D eigenvalue weighted by atomic mass is 35.5. The number of fused-ring (bicyclic) bond motifs is 1. The molecule has 4 unspecified atom stereocenters. The van der Waals surface area contributed by atoms with E-state index in [1.54, 1.807) is 12.1 Å². The van der Waals surface area contributed by atoms with Crippen LogP contribution in [0.5, 0.6) is 0 Å². The molecule has 3 aliphatic rings. The third-order valence-electron chi connectivity index (χ3n) is 6.11. The number of carboxylic acid groups (broad SMARTS) is 1. The fraction of sp³-hybridized carbons (Fsp3) is 0.611. The van der Waals surface area contributed by atoms with E-state index in [0.29, 0.717) is 10.8 Å². The number of amides is 2. The lowest BCUT2D eigenvalue weighted by Crippen LogP contribution is -2.56. The van der Waals surface area contributed by atoms with Gasteiger partial charge in [0.1, 0.15) is 5.54 Å². The van der Waals surface area contributed by atoms with Gasteiger partial charge in [-0.3, -0.25) is 25.0 Å². The van der Waals surface area contributed by atoms with Crippen LogP contribution in [0, 0.1) is 17.8 Å². The monoisotopic (exact) mass is 396 g/mol. The molecule has 26 heavy (non-hydrogen) atoms. The van der Waals surface area contributed by atoms with Gasteiger partial charge in [-0.15, -0.1) is 11.3 Å². The van der Waals surface area contributed by atoms with Crippen molar-refractivity contribution in [1.29, 1.82) is 0 Å². The van der Waals surface area contributed by atoms with Gasteiger partial charge in [0.15, 0.2) is 0 Å². The first-order chi connectivity index (χ1) is 12.4. The van der Waals surface area contributed by atoms with Gasteiger partial charge in [-0.2, -0.15) is 0 Å². The molecule has 4 rings (SSSR count). The fourth-order valence-corrected chi connectivity index (χ4v) is 6.15. The van der Waals surface area contributed by atoms with Gasteiger partial charge >= 0.3 is 5.97 Å². The summed E-state index contributed by atoms with van der Waals surface area (Å²) >= 11 is 7.36. The van der Waals surface area contributed by atoms with Crippen LogP contribution in [0.2, 0.25) is 4.34 Å². The Hall–Kier alpha value is -1.44. The molecule has 3 N–H and O–H groups in total. The molecule has 1 aromatic rings. The number of carbonyl (C=O) groups is 3. The van der Waals surface area contributed by atoms with Crippen LogP contribution in [-0.4, -0.2) is 28.4 Å². The van der Waals surface area contributed by atoms with Gasteiger partial charge in [-0.05, 0) is 24.5 Å². The van der Waals surface area contributed by atoms with Crippen molar-refractivity contribution in [3.8, 4) is 0 Å². The first-order valence-corrected chi connectivity index (χ1v) is 10.2. The number of thiophene rings is 1. The Kier molecular flexibility index (Phi) is 4.57. The van der Waals surface area contributed by atoms with Crippen LogP contribution in [0.4, 0.5) is 0 Å². The molecular weight excluding hydrogens is 376 g/mol. The van der Waals surface area contributed by atoms with E-state index in [-0.39, 0.29) is 5.92 Å². The summed E-state index contributed by atoms with van der Waals surface area (Å²) in [5.74, 6) is -3.27. The van der Waals surface area contributed by atoms with Crippen LogP contribution >= 0.6 is 22.9 Å². The summed E-state index contributed by atoms with van der Waals surface area (Å²) in [7, 11) is 0. The Bertz CT molecular complexity index is 760. The van der Waals surface area contributed by atoms with E-state index in [9.17, 15) is 19.5 Å². The standard InChI is InChI=1S/C18H21ClN2O4S/c19-11-7-6-10(26-11)14-12-13(16(23)20-15(12)22)18(21-14,17(24)25)8-9-4-2-1-3-5-9/h6-7,9,12-14,21H,1-5,8H2,(H,24,25)(H,20,22,23). The molecule has 1 saturated carbocycles. The van der Waals surface area contributed by atoms with Crippen LogP contribution in [-0.2, 0) is 14.4 Å². The van der Waals surface area contributed by atoms with Crippen molar-refractivity contribution in [2.45, 2.75) is 50.1 Å². The first kappa shape index (κ1) is 17.9. The largest absolute Gasteiger partial charge is 0.480 e. The average Bonchev–Trinajstić information content (AvgIpc) is 3.25. The summed E-state index contributed by atoms with van der Waals surface area (Å²) in [6, 6.07) is 3.02. The van der Waals surface area contributed by atoms with E-state index < -0.39 is 41.2 Å². The quantitative estimate of drug-likeness (QED) is 0.680. The van der Waals surface area contributed by atoms with E-state index >= 15 is 0 Å². The van der Waals surface area contributed by atoms with Gasteiger partial charge < -0.3 is 5.11 Å². The maximum absolute atomic E-state index is 12.6. The molecule has 0 radical (unpaired) electrons. The minimum Gasteiger partial charge on any atom is -0.480 e. The van der Waals surface area contributed by atoms with E-state index in [1.807, 2.05) is 0 Å². The van der Waals surface area contributed by atoms with Gasteiger partial charge in [0, 0.05) is 4.88 Å². The summed E-state index contributed by atoms with van der Waals surface area (Å²) in [5.41, 5.74) is -1.41. The Balaban J connectivity index is 1.73. The van der Waals surface area contributed by atoms with Crippen LogP contribution in [0.3, 0.4) is 0 Å². The van der Waals surface area contributed by atoms with Crippen molar-refractivity contribution in [3.63, 3.8) is 0 Å². The van der Waals surface area contributed by atoms with Crippen LogP contribution in [0.25, 0.3) is 0 Å². The Labute approximate surface area is 160 Å². The van der Waals surface area contributed by atoms with Crippen molar-refractivity contribution in [2.75, 3.05) is 0 Å². The first-order valence-electron chi connectivity index (χ1n) is 9.03. The second-order valence-corrected chi connectivity index (χ2v) is 9.35. The zero-order valence-electron chi connectivity index (χ0n) is 14.2. The number of imide groups is 1. The lowest BCUT2D eigenvalue weighted by molar-refractivity contribution is -0.150. The SMILES string of the molecule is O=C1NC(=O)C2C1C(c1ccc(Cl)s1)NC2(CC1CCCCC1)C(=O)O. The molecule has 2 amide bonds. The van der Waals surface area contributed by atoms with Gasteiger partial charge in [0.05, 0.1) is 22.2 Å². The number of hydrogen-bond donors (Lipinski definition) is 3. The average molecular weight is 397 g/mol. The number of nitrogens with one attached hydrogen (secondary N) is 2. The lowest BCUT2D eigenvalue weighted by Gasteiger charge is -2.34. The van der Waals surface area contributed by atoms with Gasteiger partial charge in [0.25, 0.3) is 0 Å². The van der Waals surface area contributed by atoms with Gasteiger partial charge in [-0.25, -0.2) is 0 Å². The third kappa shape index (κ3) is 2.77. The number of rotatable bonds is 4. The Morgan fingerprint density at radius 2 is 1.96 bits per heavy atom. The second kappa shape index (κ2) is 6.62. The summed E-state index contributed by atoms with van der Waals surface area (Å²) in [4.78, 5) is 38.2. The normalized spacial score (nSPS) is 34.7. The minimum absolute atomic E-state index is 0.252. The number of hydrogen-bond acceptors (Lipinski definition) is 5. The second-order valence-electron chi connectivity index (χ2n) is 7.61. The van der Waals surface area contributed by atoms with E-state index in [4.69, 9.17) is 11.6 Å². The van der Waals surface area contributed by atoms with E-state index in [0.717, 1.165) is 30.6 Å². The molecule has 3 fully saturated rings. The van der Waals surface area contributed by atoms with Gasteiger partial charge in [0.2, 0.25) is 11.8 Å². The predicted octanol–water partition coefficient (Wildman–Crippen LogP) is 2.73. The topological polar surface area (TPSA) is 95.5 Å². The van der Waals surface area contributed by atoms with E-state index in [2.05, 4.69) is 10.6 Å². The Morgan fingerprint density at radius 3 is 2.58 bits per heavy atom. The summed E-state index contributed by atoms with van der Waals surface area (Å²) in [6.07, 6.45) is 5.66. The maximum atomic E-state index is 12.6. The van der Waals surface area contributed by atoms with Crippen molar-refractivity contribution in [2.24, 2.45) is 17.8 Å². The lowest BCUT2D eigenvalue weighted by atomic mass is 9.72. The van der Waals surface area contributed by atoms with E-state index in [1.165, 1.54) is 17.8 Å². The molecule has 0 spiro atoms. The Morgan fingerprint density at radius 1 is 1.23 bits per heavy atom. The molecule has 2 aliphatic heterocycles. The number of carboxylic acids is 1. The molecule has 6 nitrogen and oxygen atoms in total. The summed E-state index contributed by atoms with van der Waals surface area (Å²) in [5, 5.41) is 15.7. The van der Waals surface area contributed by atoms with Crippen LogP contribution < -0.4 is 10.6 Å². The summed E-state index contributed by atoms with van der Waals surface area (Å²) in [6.45, 7) is 0. The smallest absolute Gasteiger partial charge is 0.324 e. The van der Waals surface area contributed by atoms with Gasteiger partial charge in [-0.1, -0.05) is 43.7 Å². The van der Waals surface area contributed by atoms with Crippen molar-refractivity contribution >= 4 is 40.7 Å². The molecule has 8 heteroatoms. The number of aliphatic carboxylic acids is 1. The molecule has 1 aromatic heterocycles. The number of halogens is 1. The molecular formula is C18H21ClN2O4S. The zero-order chi connectivity index (χ0) is 18.5. The van der Waals surface area contributed by atoms with Crippen molar-refractivity contribution in [3.05, 3.63) is 21.3 Å². The molecule has 0 bridgehead atoms. The molecule has 3 heterocycles. The molecule has 2 saturated heterocycles. The highest BCUT2D eigenvalue weighted by Gasteiger charge is 2.66. The molecule has 0 aromatic carbocycles. The highest BCUT2D eigenvalue weighted by molar-refractivity contribution is 7.16.